The van der Waals surface area contributed by atoms with Crippen molar-refractivity contribution in [3.8, 4) is 0 Å². The normalized spacial score (nSPS) is 16.5. The molecule has 168 valence electrons. The Balaban J connectivity index is 1.32. The first-order valence-electron chi connectivity index (χ1n) is 10.3. The minimum absolute atomic E-state index is 0.153. The summed E-state index contributed by atoms with van der Waals surface area (Å²) in [7, 11) is 0. The highest BCUT2D eigenvalue weighted by atomic mass is 32.2. The summed E-state index contributed by atoms with van der Waals surface area (Å²) in [6.07, 6.45) is 2.45. The van der Waals surface area contributed by atoms with E-state index in [1.807, 2.05) is 18.2 Å². The van der Waals surface area contributed by atoms with Crippen LogP contribution in [0.5, 0.6) is 0 Å². The number of nitrogens with one attached hydrogen (secondary N) is 2. The Hall–Kier alpha value is -2.85. The van der Waals surface area contributed by atoms with Gasteiger partial charge in [0.25, 0.3) is 5.91 Å². The summed E-state index contributed by atoms with van der Waals surface area (Å²) in [5.41, 5.74) is 2.05. The van der Waals surface area contributed by atoms with E-state index in [1.165, 1.54) is 23.1 Å². The van der Waals surface area contributed by atoms with Crippen LogP contribution in [0.4, 0.5) is 10.7 Å². The number of anilines is 2. The van der Waals surface area contributed by atoms with Gasteiger partial charge >= 0.3 is 11.9 Å². The first-order chi connectivity index (χ1) is 15.5. The Labute approximate surface area is 193 Å². The lowest BCUT2D eigenvalue weighted by molar-refractivity contribution is -0.147. The average Bonchev–Trinajstić information content (AvgIpc) is 3.33. The molecule has 0 saturated carbocycles. The minimum Gasteiger partial charge on any atom is -0.462 e. The summed E-state index contributed by atoms with van der Waals surface area (Å²) in [5, 5.41) is 5.24. The van der Waals surface area contributed by atoms with Gasteiger partial charge in [-0.2, -0.15) is 0 Å². The van der Waals surface area contributed by atoms with Gasteiger partial charge in [-0.25, -0.2) is 4.79 Å². The van der Waals surface area contributed by atoms with Gasteiger partial charge in [-0.05, 0) is 43.9 Å². The number of aryl methyl sites for hydroxylation is 1. The van der Waals surface area contributed by atoms with Gasteiger partial charge in [0, 0.05) is 9.77 Å². The molecule has 2 amide bonds. The van der Waals surface area contributed by atoms with Crippen molar-refractivity contribution in [2.45, 2.75) is 42.8 Å². The number of rotatable bonds is 7. The highest BCUT2D eigenvalue weighted by Gasteiger charge is 2.30. The second-order valence-electron chi connectivity index (χ2n) is 7.29. The highest BCUT2D eigenvalue weighted by Crippen LogP contribution is 2.39. The van der Waals surface area contributed by atoms with Gasteiger partial charge in [-0.15, -0.1) is 23.1 Å². The van der Waals surface area contributed by atoms with Crippen LogP contribution in [-0.4, -0.2) is 42.2 Å². The maximum atomic E-state index is 12.4. The first-order valence-corrected chi connectivity index (χ1v) is 12.0. The third-order valence-corrected chi connectivity index (χ3v) is 7.56. The van der Waals surface area contributed by atoms with Crippen LogP contribution in [0, 0.1) is 0 Å². The van der Waals surface area contributed by atoms with Crippen LogP contribution < -0.4 is 10.6 Å². The number of fused-ring (bicyclic) bond motifs is 2. The van der Waals surface area contributed by atoms with Crippen LogP contribution in [0.2, 0.25) is 0 Å². The lowest BCUT2D eigenvalue weighted by Crippen LogP contribution is -2.32. The molecule has 0 radical (unpaired) electrons. The molecule has 0 spiro atoms. The van der Waals surface area contributed by atoms with E-state index in [1.54, 1.807) is 13.0 Å². The zero-order valence-electron chi connectivity index (χ0n) is 17.4. The summed E-state index contributed by atoms with van der Waals surface area (Å²) in [5.74, 6) is -1.93. The van der Waals surface area contributed by atoms with Crippen LogP contribution in [-0.2, 0) is 36.7 Å². The molecule has 1 atom stereocenters. The number of ether oxygens (including phenoxy) is 2. The fourth-order valence-electron chi connectivity index (χ4n) is 3.66. The summed E-state index contributed by atoms with van der Waals surface area (Å²) < 4.78 is 10.2. The Kier molecular flexibility index (Phi) is 6.80. The van der Waals surface area contributed by atoms with E-state index in [0.29, 0.717) is 16.3 Å². The molecule has 10 heteroatoms. The predicted molar refractivity (Wildman–Crippen MR) is 121 cm³/mol. The van der Waals surface area contributed by atoms with Gasteiger partial charge in [0.15, 0.2) is 6.61 Å². The van der Waals surface area contributed by atoms with Crippen molar-refractivity contribution in [2.24, 2.45) is 0 Å². The van der Waals surface area contributed by atoms with Crippen molar-refractivity contribution in [1.29, 1.82) is 0 Å². The van der Waals surface area contributed by atoms with Crippen LogP contribution in [0.3, 0.4) is 0 Å². The molecule has 0 saturated heterocycles. The van der Waals surface area contributed by atoms with Crippen LogP contribution in [0.15, 0.2) is 29.2 Å². The monoisotopic (exact) mass is 474 g/mol. The van der Waals surface area contributed by atoms with E-state index in [-0.39, 0.29) is 18.9 Å². The van der Waals surface area contributed by atoms with E-state index >= 15 is 0 Å². The standard InChI is InChI=1S/C22H22N2O6S2/c1-2-29-22(28)19-12-6-5-9-14(12)32-21(19)24-17(25)11-30-18(26)10-16-20(27)23-13-7-3-4-8-15(13)31-16/h3-4,7-8,16H,2,5-6,9-11H2,1H3,(H,23,27)(H,24,25)/t16-/m1/s1. The topological polar surface area (TPSA) is 111 Å². The van der Waals surface area contributed by atoms with Gasteiger partial charge < -0.3 is 20.1 Å². The summed E-state index contributed by atoms with van der Waals surface area (Å²) in [6.45, 7) is 1.47. The zero-order valence-corrected chi connectivity index (χ0v) is 19.0. The quantitative estimate of drug-likeness (QED) is 0.592. The molecule has 1 aliphatic heterocycles. The molecular weight excluding hydrogens is 452 g/mol. The van der Waals surface area contributed by atoms with Crippen molar-refractivity contribution in [1.82, 2.24) is 0 Å². The molecule has 32 heavy (non-hydrogen) atoms. The van der Waals surface area contributed by atoms with Crippen LogP contribution in [0.25, 0.3) is 0 Å². The maximum absolute atomic E-state index is 12.4. The number of esters is 2. The molecule has 0 fully saturated rings. The summed E-state index contributed by atoms with van der Waals surface area (Å²) >= 11 is 2.65. The second-order valence-corrected chi connectivity index (χ2v) is 9.64. The van der Waals surface area contributed by atoms with Gasteiger partial charge in [-0.1, -0.05) is 12.1 Å². The molecular formula is C22H22N2O6S2. The van der Waals surface area contributed by atoms with Gasteiger partial charge in [0.1, 0.15) is 5.00 Å². The van der Waals surface area contributed by atoms with Crippen molar-refractivity contribution in [2.75, 3.05) is 23.8 Å². The Morgan fingerprint density at radius 2 is 2.00 bits per heavy atom. The van der Waals surface area contributed by atoms with Crippen molar-refractivity contribution < 1.29 is 28.7 Å². The zero-order chi connectivity index (χ0) is 22.7. The van der Waals surface area contributed by atoms with Gasteiger partial charge in [0.2, 0.25) is 5.91 Å². The molecule has 2 aromatic rings. The second kappa shape index (κ2) is 9.74. The number of carbonyl (C=O) groups is 4. The number of hydrogen-bond acceptors (Lipinski definition) is 8. The van der Waals surface area contributed by atoms with E-state index in [0.717, 1.165) is 34.6 Å². The van der Waals surface area contributed by atoms with E-state index in [9.17, 15) is 19.2 Å². The summed E-state index contributed by atoms with van der Waals surface area (Å²) in [6, 6.07) is 7.34. The van der Waals surface area contributed by atoms with Crippen LogP contribution in [0.1, 0.15) is 40.6 Å². The molecule has 0 bridgehead atoms. The van der Waals surface area contributed by atoms with Crippen molar-refractivity contribution in [3.05, 3.63) is 40.3 Å². The third-order valence-electron chi connectivity index (χ3n) is 5.08. The molecule has 1 aromatic carbocycles. The third kappa shape index (κ3) is 4.81. The number of carbonyl (C=O) groups excluding carboxylic acids is 4. The average molecular weight is 475 g/mol. The minimum atomic E-state index is -0.647. The SMILES string of the molecule is CCOC(=O)c1c(NC(=O)COC(=O)C[C@H]2Sc3ccccc3NC2=O)sc2c1CCC2. The van der Waals surface area contributed by atoms with Crippen LogP contribution >= 0.6 is 23.1 Å². The lowest BCUT2D eigenvalue weighted by atomic mass is 10.1. The highest BCUT2D eigenvalue weighted by molar-refractivity contribution is 8.01. The summed E-state index contributed by atoms with van der Waals surface area (Å²) in [4.78, 5) is 51.2. The fourth-order valence-corrected chi connectivity index (χ4v) is 6.05. The van der Waals surface area contributed by atoms with Gasteiger partial charge in [0.05, 0.1) is 29.5 Å². The number of thioether (sulfide) groups is 1. The molecule has 1 aliphatic carbocycles. The molecule has 2 aliphatic rings. The number of benzene rings is 1. The first kappa shape index (κ1) is 22.3. The Morgan fingerprint density at radius 1 is 1.19 bits per heavy atom. The molecule has 0 unspecified atom stereocenters. The molecule has 2 heterocycles. The number of hydrogen-bond donors (Lipinski definition) is 2. The van der Waals surface area contributed by atoms with E-state index in [2.05, 4.69) is 10.6 Å². The largest absolute Gasteiger partial charge is 0.462 e. The number of para-hydroxylation sites is 1. The Morgan fingerprint density at radius 3 is 2.81 bits per heavy atom. The molecule has 1 aromatic heterocycles. The molecule has 4 rings (SSSR count). The van der Waals surface area contributed by atoms with Crippen molar-refractivity contribution in [3.63, 3.8) is 0 Å². The van der Waals surface area contributed by atoms with Crippen molar-refractivity contribution >= 4 is 57.5 Å². The van der Waals surface area contributed by atoms with Gasteiger partial charge in [-0.3, -0.25) is 14.4 Å². The Bertz CT molecular complexity index is 1080. The smallest absolute Gasteiger partial charge is 0.341 e. The fraction of sp³-hybridized carbons (Fsp3) is 0.364. The molecule has 8 nitrogen and oxygen atoms in total. The number of thiophene rings is 1. The maximum Gasteiger partial charge on any atom is 0.341 e. The lowest BCUT2D eigenvalue weighted by Gasteiger charge is -2.23. The van der Waals surface area contributed by atoms with E-state index in [4.69, 9.17) is 9.47 Å². The molecule has 2 N–H and O–H groups in total. The van der Waals surface area contributed by atoms with E-state index < -0.39 is 29.7 Å². The number of amides is 2. The predicted octanol–water partition coefficient (Wildman–Crippen LogP) is 3.40.